The van der Waals surface area contributed by atoms with Crippen LogP contribution in [0.3, 0.4) is 0 Å². The van der Waals surface area contributed by atoms with E-state index in [1.807, 2.05) is 0 Å². The summed E-state index contributed by atoms with van der Waals surface area (Å²) in [6.07, 6.45) is 0.483. The van der Waals surface area contributed by atoms with Crippen LogP contribution in [0.25, 0.3) is 0 Å². The summed E-state index contributed by atoms with van der Waals surface area (Å²) in [5.74, 6) is -1.93. The molecule has 0 aromatic carbocycles. The molecule has 2 atom stereocenters. The van der Waals surface area contributed by atoms with Crippen molar-refractivity contribution in [2.45, 2.75) is 23.9 Å². The summed E-state index contributed by atoms with van der Waals surface area (Å²) in [7, 11) is 0. The summed E-state index contributed by atoms with van der Waals surface area (Å²) in [4.78, 5) is 22.0. The number of hydrogen-bond acceptors (Lipinski definition) is 3. The lowest BCUT2D eigenvalue weighted by Gasteiger charge is -2.14. The number of aliphatic hydroxyl groups is 1. The Labute approximate surface area is 85.8 Å². The summed E-state index contributed by atoms with van der Waals surface area (Å²) in [6.45, 7) is 0.131. The number of carbonyl (C=O) groups is 2. The smallest absolute Gasteiger partial charge is 0.236 e. The van der Waals surface area contributed by atoms with E-state index in [4.69, 9.17) is 11.6 Å². The second kappa shape index (κ2) is 3.10. The summed E-state index contributed by atoms with van der Waals surface area (Å²) < 4.78 is 0. The van der Waals surface area contributed by atoms with Crippen molar-refractivity contribution < 1.29 is 14.7 Å². The number of hydrogen-bond donors (Lipinski definition) is 3. The van der Waals surface area contributed by atoms with Crippen molar-refractivity contribution in [2.24, 2.45) is 5.92 Å². The number of aliphatic hydroxyl groups excluding tert-OH is 1. The predicted octanol–water partition coefficient (Wildman–Crippen LogP) is -1.06. The van der Waals surface area contributed by atoms with Gasteiger partial charge in [0.1, 0.15) is 10.9 Å². The molecule has 1 heterocycles. The number of carbonyl (C=O) groups excluding carboxylic acids is 2. The summed E-state index contributed by atoms with van der Waals surface area (Å²) in [5.41, 5.74) is 0. The van der Waals surface area contributed by atoms with Crippen LogP contribution in [0.4, 0.5) is 0 Å². The van der Waals surface area contributed by atoms with Gasteiger partial charge in [-0.1, -0.05) is 11.6 Å². The van der Waals surface area contributed by atoms with E-state index in [1.54, 1.807) is 0 Å². The van der Waals surface area contributed by atoms with Crippen LogP contribution in [0.15, 0.2) is 0 Å². The minimum Gasteiger partial charge on any atom is -0.390 e. The molecule has 0 spiro atoms. The second-order valence-electron chi connectivity index (χ2n) is 3.74. The van der Waals surface area contributed by atoms with Crippen LogP contribution in [-0.2, 0) is 9.59 Å². The molecule has 2 unspecified atom stereocenters. The standard InChI is InChI=1S/C8H11ClN2O3/c9-8(1-2-8)11-7(14)5-4(12)3-10-6(5)13/h4-5,12H,1-3H2,(H,10,13)(H,11,14). The third-order valence-electron chi connectivity index (χ3n) is 2.47. The maximum absolute atomic E-state index is 11.5. The van der Waals surface area contributed by atoms with Crippen LogP contribution >= 0.6 is 11.6 Å². The van der Waals surface area contributed by atoms with E-state index in [9.17, 15) is 14.7 Å². The number of rotatable bonds is 2. The van der Waals surface area contributed by atoms with Crippen LogP contribution in [0.2, 0.25) is 0 Å². The zero-order valence-corrected chi connectivity index (χ0v) is 8.17. The zero-order valence-electron chi connectivity index (χ0n) is 7.42. The molecule has 1 saturated heterocycles. The van der Waals surface area contributed by atoms with Crippen LogP contribution in [-0.4, -0.2) is 34.6 Å². The Hall–Kier alpha value is -0.810. The molecule has 1 aliphatic heterocycles. The largest absolute Gasteiger partial charge is 0.390 e. The van der Waals surface area contributed by atoms with E-state index >= 15 is 0 Å². The van der Waals surface area contributed by atoms with Crippen molar-refractivity contribution in [3.8, 4) is 0 Å². The van der Waals surface area contributed by atoms with Gasteiger partial charge in [0.15, 0.2) is 0 Å². The average molecular weight is 219 g/mol. The molecular formula is C8H11ClN2O3. The van der Waals surface area contributed by atoms with Gasteiger partial charge >= 0.3 is 0 Å². The van der Waals surface area contributed by atoms with Crippen molar-refractivity contribution in [3.05, 3.63) is 0 Å². The van der Waals surface area contributed by atoms with Gasteiger partial charge in [-0.15, -0.1) is 0 Å². The first-order valence-corrected chi connectivity index (χ1v) is 4.86. The highest BCUT2D eigenvalue weighted by Crippen LogP contribution is 2.39. The molecule has 0 bridgehead atoms. The molecule has 0 radical (unpaired) electrons. The molecule has 2 aliphatic rings. The Morgan fingerprint density at radius 2 is 2.29 bits per heavy atom. The molecule has 0 aromatic heterocycles. The lowest BCUT2D eigenvalue weighted by atomic mass is 10.1. The molecule has 5 nitrogen and oxygen atoms in total. The fraction of sp³-hybridized carbons (Fsp3) is 0.750. The molecule has 6 heteroatoms. The molecule has 2 rings (SSSR count). The maximum atomic E-state index is 11.5. The van der Waals surface area contributed by atoms with Crippen molar-refractivity contribution in [2.75, 3.05) is 6.54 Å². The number of alkyl halides is 1. The van der Waals surface area contributed by atoms with Gasteiger partial charge in [-0.25, -0.2) is 0 Å². The van der Waals surface area contributed by atoms with Gasteiger partial charge in [-0.2, -0.15) is 0 Å². The summed E-state index contributed by atoms with van der Waals surface area (Å²) in [5, 5.41) is 14.3. The van der Waals surface area contributed by atoms with Crippen molar-refractivity contribution in [3.63, 3.8) is 0 Å². The Kier molecular flexibility index (Phi) is 2.16. The molecule has 0 aromatic rings. The van der Waals surface area contributed by atoms with Gasteiger partial charge in [0.25, 0.3) is 0 Å². The fourth-order valence-corrected chi connectivity index (χ4v) is 1.62. The first-order chi connectivity index (χ1) is 6.52. The van der Waals surface area contributed by atoms with E-state index in [0.29, 0.717) is 12.8 Å². The topological polar surface area (TPSA) is 78.4 Å². The SMILES string of the molecule is O=C1NCC(O)C1C(=O)NC1(Cl)CC1. The van der Waals surface area contributed by atoms with E-state index in [0.717, 1.165) is 0 Å². The van der Waals surface area contributed by atoms with Crippen molar-refractivity contribution in [1.82, 2.24) is 10.6 Å². The maximum Gasteiger partial charge on any atom is 0.236 e. The number of nitrogens with one attached hydrogen (secondary N) is 2. The number of amides is 2. The van der Waals surface area contributed by atoms with Gasteiger partial charge in [0, 0.05) is 6.54 Å². The van der Waals surface area contributed by atoms with Gasteiger partial charge < -0.3 is 15.7 Å². The quantitative estimate of drug-likeness (QED) is 0.314. The molecule has 1 saturated carbocycles. The highest BCUT2D eigenvalue weighted by molar-refractivity contribution is 6.26. The molecule has 2 amide bonds. The Morgan fingerprint density at radius 3 is 2.71 bits per heavy atom. The molecule has 2 fully saturated rings. The minimum atomic E-state index is -1.01. The lowest BCUT2D eigenvalue weighted by molar-refractivity contribution is -0.135. The highest BCUT2D eigenvalue weighted by atomic mass is 35.5. The van der Waals surface area contributed by atoms with Gasteiger partial charge in [0.2, 0.25) is 11.8 Å². The Balaban J connectivity index is 1.99. The summed E-state index contributed by atoms with van der Waals surface area (Å²) >= 11 is 5.87. The molecule has 1 aliphatic carbocycles. The molecule has 14 heavy (non-hydrogen) atoms. The normalized spacial score (nSPS) is 33.7. The van der Waals surface area contributed by atoms with Crippen LogP contribution < -0.4 is 10.6 Å². The zero-order chi connectivity index (χ0) is 10.3. The molecular weight excluding hydrogens is 208 g/mol. The fourth-order valence-electron chi connectivity index (χ4n) is 1.43. The van der Waals surface area contributed by atoms with Gasteiger partial charge in [0.05, 0.1) is 6.10 Å². The second-order valence-corrected chi connectivity index (χ2v) is 4.47. The monoisotopic (exact) mass is 218 g/mol. The molecule has 3 N–H and O–H groups in total. The van der Waals surface area contributed by atoms with Crippen LogP contribution in [0, 0.1) is 5.92 Å². The van der Waals surface area contributed by atoms with E-state index < -0.39 is 28.8 Å². The Morgan fingerprint density at radius 1 is 1.64 bits per heavy atom. The van der Waals surface area contributed by atoms with E-state index in [1.165, 1.54) is 0 Å². The van der Waals surface area contributed by atoms with Crippen LogP contribution in [0.5, 0.6) is 0 Å². The third kappa shape index (κ3) is 1.69. The van der Waals surface area contributed by atoms with Crippen molar-refractivity contribution in [1.29, 1.82) is 0 Å². The van der Waals surface area contributed by atoms with Crippen molar-refractivity contribution >= 4 is 23.4 Å². The lowest BCUT2D eigenvalue weighted by Crippen LogP contribution is -2.43. The number of halogens is 1. The minimum absolute atomic E-state index is 0.131. The van der Waals surface area contributed by atoms with Gasteiger partial charge in [-0.3, -0.25) is 9.59 Å². The molecule has 78 valence electrons. The first kappa shape index (κ1) is 9.73. The Bertz CT molecular complexity index is 290. The average Bonchev–Trinajstić information content (AvgIpc) is 2.70. The van der Waals surface area contributed by atoms with E-state index in [2.05, 4.69) is 10.6 Å². The van der Waals surface area contributed by atoms with Gasteiger partial charge in [-0.05, 0) is 12.8 Å². The summed E-state index contributed by atoms with van der Waals surface area (Å²) in [6, 6.07) is 0. The highest BCUT2D eigenvalue weighted by Gasteiger charge is 2.47. The number of β-amino-alcohol motifs (C(OH)–C–C–N with tert-alkyl or cyclic N) is 1. The predicted molar refractivity (Wildman–Crippen MR) is 48.5 cm³/mol. The van der Waals surface area contributed by atoms with E-state index in [-0.39, 0.29) is 6.54 Å². The van der Waals surface area contributed by atoms with Crippen LogP contribution in [0.1, 0.15) is 12.8 Å². The third-order valence-corrected chi connectivity index (χ3v) is 2.94. The first-order valence-electron chi connectivity index (χ1n) is 4.49.